The maximum absolute atomic E-state index is 13.1. The van der Waals surface area contributed by atoms with Crippen LogP contribution in [0.5, 0.6) is 0 Å². The number of anilines is 2. The first-order valence-electron chi connectivity index (χ1n) is 8.11. The minimum atomic E-state index is -4.54. The highest BCUT2D eigenvalue weighted by Crippen LogP contribution is 2.35. The molecule has 1 amide bonds. The Labute approximate surface area is 157 Å². The largest absolute Gasteiger partial charge is 0.418 e. The second-order valence-electron chi connectivity index (χ2n) is 5.77. The van der Waals surface area contributed by atoms with Crippen molar-refractivity contribution in [3.63, 3.8) is 0 Å². The van der Waals surface area contributed by atoms with Gasteiger partial charge in [0.2, 0.25) is 0 Å². The van der Waals surface area contributed by atoms with Gasteiger partial charge in [-0.1, -0.05) is 24.3 Å². The quantitative estimate of drug-likeness (QED) is 0.638. The van der Waals surface area contributed by atoms with Gasteiger partial charge in [0.05, 0.1) is 11.3 Å². The van der Waals surface area contributed by atoms with Gasteiger partial charge in [-0.3, -0.25) is 4.79 Å². The molecule has 0 aliphatic heterocycles. The van der Waals surface area contributed by atoms with Crippen molar-refractivity contribution in [2.45, 2.75) is 12.7 Å². The Kier molecular flexibility index (Phi) is 5.53. The van der Waals surface area contributed by atoms with Crippen molar-refractivity contribution in [3.8, 4) is 0 Å². The molecule has 0 spiro atoms. The van der Waals surface area contributed by atoms with Crippen LogP contribution in [0.3, 0.4) is 0 Å². The number of alkyl halides is 3. The fraction of sp³-hybridized carbons (Fsp3) is 0.105. The van der Waals surface area contributed by atoms with Crippen LogP contribution in [0.4, 0.5) is 29.1 Å². The topological polar surface area (TPSA) is 66.9 Å². The maximum Gasteiger partial charge on any atom is 0.418 e. The van der Waals surface area contributed by atoms with Crippen LogP contribution in [0.15, 0.2) is 60.9 Å². The number of carbonyl (C=O) groups is 1. The molecule has 0 saturated carbocycles. The minimum absolute atomic E-state index is 0.0240. The molecule has 0 aliphatic carbocycles. The van der Waals surface area contributed by atoms with Gasteiger partial charge in [-0.2, -0.15) is 13.2 Å². The highest BCUT2D eigenvalue weighted by atomic mass is 19.4. The number of halogens is 4. The number of aromatic nitrogens is 2. The van der Waals surface area contributed by atoms with Crippen molar-refractivity contribution in [2.75, 3.05) is 5.32 Å². The normalized spacial score (nSPS) is 11.1. The van der Waals surface area contributed by atoms with Gasteiger partial charge in [0.15, 0.2) is 0 Å². The van der Waals surface area contributed by atoms with Crippen LogP contribution in [0.25, 0.3) is 0 Å². The molecule has 0 aliphatic rings. The summed E-state index contributed by atoms with van der Waals surface area (Å²) in [4.78, 5) is 19.9. The van der Waals surface area contributed by atoms with Crippen LogP contribution >= 0.6 is 0 Å². The number of rotatable bonds is 5. The summed E-state index contributed by atoms with van der Waals surface area (Å²) in [6.45, 7) is 0.142. The summed E-state index contributed by atoms with van der Waals surface area (Å²) >= 11 is 0. The van der Waals surface area contributed by atoms with Gasteiger partial charge in [-0.05, 0) is 29.8 Å². The van der Waals surface area contributed by atoms with E-state index in [1.807, 2.05) is 0 Å². The van der Waals surface area contributed by atoms with Gasteiger partial charge >= 0.3 is 6.18 Å². The van der Waals surface area contributed by atoms with E-state index in [2.05, 4.69) is 20.6 Å². The summed E-state index contributed by atoms with van der Waals surface area (Å²) in [6.07, 6.45) is -3.46. The SMILES string of the molecule is O=C(NCc1ccc(F)cc1)c1cc(Nc2ccccc2C(F)(F)F)ncn1. The van der Waals surface area contributed by atoms with Crippen LogP contribution in [0.2, 0.25) is 0 Å². The van der Waals surface area contributed by atoms with Crippen molar-refractivity contribution in [3.05, 3.63) is 83.6 Å². The lowest BCUT2D eigenvalue weighted by atomic mass is 10.1. The van der Waals surface area contributed by atoms with Crippen LogP contribution < -0.4 is 10.6 Å². The van der Waals surface area contributed by atoms with E-state index in [0.29, 0.717) is 5.56 Å². The van der Waals surface area contributed by atoms with Crippen molar-refractivity contribution >= 4 is 17.4 Å². The molecule has 0 radical (unpaired) electrons. The molecule has 0 saturated heterocycles. The molecule has 1 heterocycles. The van der Waals surface area contributed by atoms with E-state index in [9.17, 15) is 22.4 Å². The first-order valence-corrected chi connectivity index (χ1v) is 8.11. The monoisotopic (exact) mass is 390 g/mol. The van der Waals surface area contributed by atoms with Gasteiger partial charge < -0.3 is 10.6 Å². The Morgan fingerprint density at radius 1 is 1.00 bits per heavy atom. The Bertz CT molecular complexity index is 974. The van der Waals surface area contributed by atoms with E-state index in [-0.39, 0.29) is 29.6 Å². The van der Waals surface area contributed by atoms with Gasteiger partial charge in [0, 0.05) is 12.6 Å². The lowest BCUT2D eigenvalue weighted by Crippen LogP contribution is -2.24. The van der Waals surface area contributed by atoms with Crippen molar-refractivity contribution < 1.29 is 22.4 Å². The van der Waals surface area contributed by atoms with Crippen LogP contribution in [-0.4, -0.2) is 15.9 Å². The second kappa shape index (κ2) is 8.03. The smallest absolute Gasteiger partial charge is 0.347 e. The van der Waals surface area contributed by atoms with E-state index in [1.54, 1.807) is 0 Å². The van der Waals surface area contributed by atoms with Crippen LogP contribution in [0, 0.1) is 5.82 Å². The van der Waals surface area contributed by atoms with E-state index >= 15 is 0 Å². The molecule has 2 N–H and O–H groups in total. The zero-order chi connectivity index (χ0) is 20.1. The number of nitrogens with one attached hydrogen (secondary N) is 2. The highest BCUT2D eigenvalue weighted by molar-refractivity contribution is 5.92. The molecular weight excluding hydrogens is 376 g/mol. The molecule has 2 aromatic carbocycles. The van der Waals surface area contributed by atoms with Gasteiger partial charge in [0.1, 0.15) is 23.7 Å². The molecule has 0 unspecified atom stereocenters. The zero-order valence-electron chi connectivity index (χ0n) is 14.3. The predicted molar refractivity (Wildman–Crippen MR) is 94.3 cm³/mol. The van der Waals surface area contributed by atoms with Crippen molar-refractivity contribution in [1.82, 2.24) is 15.3 Å². The lowest BCUT2D eigenvalue weighted by molar-refractivity contribution is -0.136. The summed E-state index contributed by atoms with van der Waals surface area (Å²) in [5.74, 6) is -0.891. The fourth-order valence-electron chi connectivity index (χ4n) is 2.40. The zero-order valence-corrected chi connectivity index (χ0v) is 14.3. The molecule has 0 atom stereocenters. The average molecular weight is 390 g/mol. The first-order chi connectivity index (χ1) is 13.3. The molecule has 28 heavy (non-hydrogen) atoms. The summed E-state index contributed by atoms with van der Waals surface area (Å²) in [5, 5.41) is 5.16. The lowest BCUT2D eigenvalue weighted by Gasteiger charge is -2.14. The van der Waals surface area contributed by atoms with Crippen molar-refractivity contribution in [2.24, 2.45) is 0 Å². The number of hydrogen-bond acceptors (Lipinski definition) is 4. The molecular formula is C19H14F4N4O. The molecule has 3 rings (SSSR count). The summed E-state index contributed by atoms with van der Waals surface area (Å²) in [6, 6.07) is 11.8. The number of nitrogens with zero attached hydrogens (tertiary/aromatic N) is 2. The Morgan fingerprint density at radius 3 is 2.43 bits per heavy atom. The number of para-hydroxylation sites is 1. The molecule has 144 valence electrons. The van der Waals surface area contributed by atoms with E-state index in [1.165, 1.54) is 48.5 Å². The Balaban J connectivity index is 1.72. The summed E-state index contributed by atoms with van der Waals surface area (Å²) < 4.78 is 52.1. The summed E-state index contributed by atoms with van der Waals surface area (Å²) in [5.41, 5.74) is -0.382. The number of carbonyl (C=O) groups excluding carboxylic acids is 1. The second-order valence-corrected chi connectivity index (χ2v) is 5.77. The Hall–Kier alpha value is -3.49. The van der Waals surface area contributed by atoms with E-state index in [4.69, 9.17) is 0 Å². The fourth-order valence-corrected chi connectivity index (χ4v) is 2.40. The first kappa shape index (κ1) is 19.3. The minimum Gasteiger partial charge on any atom is -0.347 e. The maximum atomic E-state index is 13.1. The third-order valence-corrected chi connectivity index (χ3v) is 3.76. The average Bonchev–Trinajstić information content (AvgIpc) is 2.67. The third-order valence-electron chi connectivity index (χ3n) is 3.76. The predicted octanol–water partition coefficient (Wildman–Crippen LogP) is 4.31. The molecule has 1 aromatic heterocycles. The number of hydrogen-bond donors (Lipinski definition) is 2. The van der Waals surface area contributed by atoms with Gasteiger partial charge in [-0.15, -0.1) is 0 Å². The molecule has 9 heteroatoms. The van der Waals surface area contributed by atoms with Crippen LogP contribution in [-0.2, 0) is 12.7 Å². The number of benzene rings is 2. The molecule has 3 aromatic rings. The number of amides is 1. The third kappa shape index (κ3) is 4.81. The molecule has 0 bridgehead atoms. The van der Waals surface area contributed by atoms with Crippen LogP contribution in [0.1, 0.15) is 21.6 Å². The van der Waals surface area contributed by atoms with E-state index in [0.717, 1.165) is 12.4 Å². The van der Waals surface area contributed by atoms with Gasteiger partial charge in [-0.25, -0.2) is 14.4 Å². The van der Waals surface area contributed by atoms with Crippen molar-refractivity contribution in [1.29, 1.82) is 0 Å². The Morgan fingerprint density at radius 2 is 1.71 bits per heavy atom. The molecule has 0 fully saturated rings. The van der Waals surface area contributed by atoms with E-state index < -0.39 is 17.6 Å². The standard InChI is InChI=1S/C19H14F4N4O/c20-13-7-5-12(6-8-13)10-24-18(28)16-9-17(26-11-25-16)27-15-4-2-1-3-14(15)19(21,22)23/h1-9,11H,10H2,(H,24,28)(H,25,26,27). The summed E-state index contributed by atoms with van der Waals surface area (Å²) in [7, 11) is 0. The highest BCUT2D eigenvalue weighted by Gasteiger charge is 2.33. The molecule has 5 nitrogen and oxygen atoms in total. The van der Waals surface area contributed by atoms with Gasteiger partial charge in [0.25, 0.3) is 5.91 Å².